The lowest BCUT2D eigenvalue weighted by Gasteiger charge is -2.21. The highest BCUT2D eigenvalue weighted by molar-refractivity contribution is 7.89. The molecular weight excluding hydrogens is 502 g/mol. The van der Waals surface area contributed by atoms with Crippen molar-refractivity contribution in [2.24, 2.45) is 5.92 Å². The van der Waals surface area contributed by atoms with Crippen LogP contribution >= 0.6 is 11.6 Å². The van der Waals surface area contributed by atoms with Gasteiger partial charge in [-0.15, -0.1) is 0 Å². The number of sulfonamides is 1. The van der Waals surface area contributed by atoms with Gasteiger partial charge >= 0.3 is 0 Å². The number of amides is 2. The second kappa shape index (κ2) is 12.6. The van der Waals surface area contributed by atoms with Gasteiger partial charge in [0.25, 0.3) is 0 Å². The van der Waals surface area contributed by atoms with Crippen LogP contribution in [0.2, 0.25) is 5.02 Å². The summed E-state index contributed by atoms with van der Waals surface area (Å²) in [6, 6.07) is 8.91. The molecule has 0 radical (unpaired) electrons. The SMILES string of the molecule is CCc1ccc(S(=O)(=O)NC(C)CCC(=O)Nc2cc(O)c(NC(=O)C3CCCCC3)cc2Cl)cc1. The van der Waals surface area contributed by atoms with Crippen LogP contribution in [0.4, 0.5) is 11.4 Å². The van der Waals surface area contributed by atoms with Gasteiger partial charge in [-0.05, 0) is 56.4 Å². The van der Waals surface area contributed by atoms with E-state index < -0.39 is 16.1 Å². The second-order valence-electron chi connectivity index (χ2n) is 9.28. The third-order valence-corrected chi connectivity index (χ3v) is 8.31. The van der Waals surface area contributed by atoms with Crippen molar-refractivity contribution < 1.29 is 23.1 Å². The lowest BCUT2D eigenvalue weighted by molar-refractivity contribution is -0.120. The van der Waals surface area contributed by atoms with Gasteiger partial charge in [-0.25, -0.2) is 13.1 Å². The molecule has 1 aliphatic carbocycles. The third-order valence-electron chi connectivity index (χ3n) is 6.40. The Labute approximate surface area is 217 Å². The number of hydrogen-bond acceptors (Lipinski definition) is 5. The first-order chi connectivity index (χ1) is 17.1. The summed E-state index contributed by atoms with van der Waals surface area (Å²) in [6.45, 7) is 3.68. The quantitative estimate of drug-likeness (QED) is 0.311. The van der Waals surface area contributed by atoms with Gasteiger partial charge in [0.05, 0.1) is 21.3 Å². The number of aryl methyl sites for hydroxylation is 1. The standard InChI is InChI=1S/C26H34ClN3O5S/c1-3-18-10-12-20(13-11-18)36(34,35)30-17(2)9-14-25(32)28-22-16-24(31)23(15-21(22)27)29-26(33)19-7-5-4-6-8-19/h10-13,15-17,19,30-31H,3-9,14H2,1-2H3,(H,28,32)(H,29,33). The molecule has 0 heterocycles. The van der Waals surface area contributed by atoms with Gasteiger partial charge in [-0.1, -0.05) is 49.9 Å². The minimum atomic E-state index is -3.70. The Morgan fingerprint density at radius 2 is 1.72 bits per heavy atom. The highest BCUT2D eigenvalue weighted by Gasteiger charge is 2.23. The Bertz CT molecular complexity index is 1180. The van der Waals surface area contributed by atoms with Crippen molar-refractivity contribution in [1.29, 1.82) is 0 Å². The van der Waals surface area contributed by atoms with E-state index in [2.05, 4.69) is 15.4 Å². The van der Waals surface area contributed by atoms with Crippen molar-refractivity contribution in [3.63, 3.8) is 0 Å². The largest absolute Gasteiger partial charge is 0.506 e. The molecule has 0 spiro atoms. The average molecular weight is 536 g/mol. The Morgan fingerprint density at radius 3 is 2.36 bits per heavy atom. The summed E-state index contributed by atoms with van der Waals surface area (Å²) in [5, 5.41) is 15.9. The highest BCUT2D eigenvalue weighted by Crippen LogP contribution is 2.35. The minimum Gasteiger partial charge on any atom is -0.506 e. The molecule has 196 valence electrons. The Kier molecular flexibility index (Phi) is 9.76. The van der Waals surface area contributed by atoms with E-state index in [1.807, 2.05) is 6.92 Å². The molecule has 0 bridgehead atoms. The number of aromatic hydroxyl groups is 1. The van der Waals surface area contributed by atoms with Crippen LogP contribution in [0.25, 0.3) is 0 Å². The summed E-state index contributed by atoms with van der Waals surface area (Å²) in [6.07, 6.45) is 5.94. The molecule has 1 atom stereocenters. The smallest absolute Gasteiger partial charge is 0.240 e. The van der Waals surface area contributed by atoms with Crippen molar-refractivity contribution in [2.45, 2.75) is 76.2 Å². The molecule has 4 N–H and O–H groups in total. The molecule has 2 aromatic rings. The number of carbonyl (C=O) groups excluding carboxylic acids is 2. The normalized spacial score (nSPS) is 15.3. The molecule has 0 saturated heterocycles. The van der Waals surface area contributed by atoms with Gasteiger partial charge in [0.1, 0.15) is 5.75 Å². The predicted molar refractivity (Wildman–Crippen MR) is 142 cm³/mol. The number of hydrogen-bond donors (Lipinski definition) is 4. The maximum absolute atomic E-state index is 12.6. The predicted octanol–water partition coefficient (Wildman–Crippen LogP) is 5.21. The minimum absolute atomic E-state index is 0.0374. The van der Waals surface area contributed by atoms with Crippen LogP contribution < -0.4 is 15.4 Å². The van der Waals surface area contributed by atoms with Crippen molar-refractivity contribution in [3.05, 3.63) is 47.0 Å². The van der Waals surface area contributed by atoms with Crippen molar-refractivity contribution in [2.75, 3.05) is 10.6 Å². The van der Waals surface area contributed by atoms with Crippen LogP contribution in [0, 0.1) is 5.92 Å². The van der Waals surface area contributed by atoms with E-state index in [-0.39, 0.29) is 57.6 Å². The van der Waals surface area contributed by atoms with Crippen molar-refractivity contribution in [3.8, 4) is 5.75 Å². The molecule has 1 aliphatic rings. The van der Waals surface area contributed by atoms with Crippen molar-refractivity contribution in [1.82, 2.24) is 4.72 Å². The van der Waals surface area contributed by atoms with E-state index in [1.165, 1.54) is 12.1 Å². The molecule has 3 rings (SSSR count). The number of nitrogens with one attached hydrogen (secondary N) is 3. The van der Waals surface area contributed by atoms with Crippen LogP contribution in [0.1, 0.15) is 64.4 Å². The zero-order valence-corrected chi connectivity index (χ0v) is 22.2. The maximum atomic E-state index is 12.6. The fourth-order valence-electron chi connectivity index (χ4n) is 4.21. The van der Waals surface area contributed by atoms with E-state index >= 15 is 0 Å². The van der Waals surface area contributed by atoms with Gasteiger partial charge in [0.2, 0.25) is 21.8 Å². The summed E-state index contributed by atoms with van der Waals surface area (Å²) >= 11 is 6.29. The van der Waals surface area contributed by atoms with E-state index in [4.69, 9.17) is 11.6 Å². The molecule has 1 fully saturated rings. The first-order valence-electron chi connectivity index (χ1n) is 12.3. The number of anilines is 2. The van der Waals surface area contributed by atoms with E-state index in [0.717, 1.165) is 44.1 Å². The third kappa shape index (κ3) is 7.69. The van der Waals surface area contributed by atoms with Gasteiger partial charge < -0.3 is 15.7 Å². The van der Waals surface area contributed by atoms with Crippen LogP contribution in [0.15, 0.2) is 41.3 Å². The summed E-state index contributed by atoms with van der Waals surface area (Å²) in [7, 11) is -3.70. The molecule has 2 aromatic carbocycles. The van der Waals surface area contributed by atoms with Gasteiger partial charge in [0.15, 0.2) is 0 Å². The lowest BCUT2D eigenvalue weighted by atomic mass is 9.88. The molecule has 10 heteroatoms. The number of carbonyl (C=O) groups is 2. The van der Waals surface area contributed by atoms with Gasteiger partial charge in [-0.2, -0.15) is 0 Å². The molecule has 1 unspecified atom stereocenters. The summed E-state index contributed by atoms with van der Waals surface area (Å²) in [5.41, 5.74) is 1.45. The molecule has 2 amide bonds. The van der Waals surface area contributed by atoms with E-state index in [1.54, 1.807) is 31.2 Å². The molecule has 1 saturated carbocycles. The van der Waals surface area contributed by atoms with E-state index in [9.17, 15) is 23.1 Å². The number of rotatable bonds is 10. The highest BCUT2D eigenvalue weighted by atomic mass is 35.5. The fourth-order valence-corrected chi connectivity index (χ4v) is 5.70. The molecule has 36 heavy (non-hydrogen) atoms. The first-order valence-corrected chi connectivity index (χ1v) is 14.2. The fraction of sp³-hybridized carbons (Fsp3) is 0.462. The topological polar surface area (TPSA) is 125 Å². The van der Waals surface area contributed by atoms with E-state index in [0.29, 0.717) is 0 Å². The molecule has 8 nitrogen and oxygen atoms in total. The number of phenolic OH excluding ortho intramolecular Hbond substituents is 1. The van der Waals surface area contributed by atoms with Crippen LogP contribution in [-0.4, -0.2) is 31.4 Å². The van der Waals surface area contributed by atoms with Gasteiger partial charge in [0, 0.05) is 24.4 Å². The number of benzene rings is 2. The zero-order chi connectivity index (χ0) is 26.3. The summed E-state index contributed by atoms with van der Waals surface area (Å²) in [4.78, 5) is 25.1. The Hall–Kier alpha value is -2.62. The molecule has 0 aliphatic heterocycles. The van der Waals surface area contributed by atoms with Crippen LogP contribution in [-0.2, 0) is 26.0 Å². The Balaban J connectivity index is 1.52. The van der Waals surface area contributed by atoms with Crippen LogP contribution in [0.3, 0.4) is 0 Å². The Morgan fingerprint density at radius 1 is 1.06 bits per heavy atom. The second-order valence-corrected chi connectivity index (χ2v) is 11.4. The number of halogens is 1. The lowest BCUT2D eigenvalue weighted by Crippen LogP contribution is -2.33. The molecular formula is C26H34ClN3O5S. The van der Waals surface area contributed by atoms with Crippen LogP contribution in [0.5, 0.6) is 5.75 Å². The van der Waals surface area contributed by atoms with Crippen molar-refractivity contribution >= 4 is 44.8 Å². The average Bonchev–Trinajstić information content (AvgIpc) is 2.86. The maximum Gasteiger partial charge on any atom is 0.240 e. The zero-order valence-electron chi connectivity index (χ0n) is 20.6. The number of phenols is 1. The molecule has 0 aromatic heterocycles. The summed E-state index contributed by atoms with van der Waals surface area (Å²) in [5.74, 6) is -0.801. The monoisotopic (exact) mass is 535 g/mol. The first kappa shape index (κ1) is 28.0. The van der Waals surface area contributed by atoms with Gasteiger partial charge in [-0.3, -0.25) is 9.59 Å². The summed E-state index contributed by atoms with van der Waals surface area (Å²) < 4.78 is 27.8.